The van der Waals surface area contributed by atoms with Gasteiger partial charge in [0.25, 0.3) is 0 Å². The molecule has 2 aliphatic heterocycles. The van der Waals surface area contributed by atoms with Crippen molar-refractivity contribution in [2.45, 2.75) is 26.2 Å². The minimum Gasteiger partial charge on any atom is -0.337 e. The summed E-state index contributed by atoms with van der Waals surface area (Å²) in [5, 5.41) is 0.693. The Morgan fingerprint density at radius 2 is 2.20 bits per heavy atom. The summed E-state index contributed by atoms with van der Waals surface area (Å²) >= 11 is 5.98. The molecule has 0 aromatic heterocycles. The molecule has 0 aromatic carbocycles. The average Bonchev–Trinajstić information content (AvgIpc) is 2.46. The number of carbonyl (C=O) groups excluding carboxylic acids is 1. The van der Waals surface area contributed by atoms with Crippen molar-refractivity contribution in [3.63, 3.8) is 0 Å². The van der Waals surface area contributed by atoms with Gasteiger partial charge in [0.15, 0.2) is 0 Å². The van der Waals surface area contributed by atoms with Gasteiger partial charge in [-0.2, -0.15) is 0 Å². The number of sulfonamides is 1. The number of piperidine rings is 1. The molecule has 0 aliphatic carbocycles. The Labute approximate surface area is 125 Å². The van der Waals surface area contributed by atoms with Gasteiger partial charge in [-0.05, 0) is 26.2 Å². The smallest absolute Gasteiger partial charge is 0.227 e. The van der Waals surface area contributed by atoms with Gasteiger partial charge in [0, 0.05) is 24.7 Å². The van der Waals surface area contributed by atoms with Crippen molar-refractivity contribution in [3.8, 4) is 0 Å². The standard InChI is InChI=1S/C13H21ClN2O3S/c1-2-20(18,19)16-8-3-5-11(9-16)13(17)15-7-4-6-12(14)10-15/h6,11H,2-5,7-10H2,1H3. The van der Waals surface area contributed by atoms with E-state index in [-0.39, 0.29) is 17.6 Å². The minimum absolute atomic E-state index is 0.0345. The SMILES string of the molecule is CCS(=O)(=O)N1CCCC(C(=O)N2CCC=C(Cl)C2)C1. The van der Waals surface area contributed by atoms with Crippen molar-refractivity contribution in [1.82, 2.24) is 9.21 Å². The first-order chi connectivity index (χ1) is 9.44. The van der Waals surface area contributed by atoms with E-state index in [4.69, 9.17) is 11.6 Å². The highest BCUT2D eigenvalue weighted by Crippen LogP contribution is 2.23. The molecule has 2 aliphatic rings. The Balaban J connectivity index is 2.02. The van der Waals surface area contributed by atoms with Crippen LogP contribution in [0.4, 0.5) is 0 Å². The van der Waals surface area contributed by atoms with E-state index in [1.165, 1.54) is 4.31 Å². The first kappa shape index (κ1) is 15.8. The fourth-order valence-electron chi connectivity index (χ4n) is 2.73. The molecule has 0 radical (unpaired) electrons. The lowest BCUT2D eigenvalue weighted by Gasteiger charge is -2.35. The van der Waals surface area contributed by atoms with Gasteiger partial charge in [-0.3, -0.25) is 4.79 Å². The van der Waals surface area contributed by atoms with E-state index >= 15 is 0 Å². The van der Waals surface area contributed by atoms with E-state index in [0.29, 0.717) is 31.2 Å². The van der Waals surface area contributed by atoms with Gasteiger partial charge < -0.3 is 4.90 Å². The molecule has 7 heteroatoms. The molecule has 1 atom stereocenters. The second-order valence-corrected chi connectivity index (χ2v) is 8.04. The quantitative estimate of drug-likeness (QED) is 0.790. The summed E-state index contributed by atoms with van der Waals surface area (Å²) in [5.41, 5.74) is 0. The van der Waals surface area contributed by atoms with Crippen molar-refractivity contribution in [1.29, 1.82) is 0 Å². The maximum atomic E-state index is 12.5. The zero-order valence-electron chi connectivity index (χ0n) is 11.7. The van der Waals surface area contributed by atoms with E-state index in [1.807, 2.05) is 6.08 Å². The number of nitrogens with zero attached hydrogens (tertiary/aromatic N) is 2. The summed E-state index contributed by atoms with van der Waals surface area (Å²) in [6.45, 7) is 3.60. The molecule has 0 N–H and O–H groups in total. The highest BCUT2D eigenvalue weighted by atomic mass is 35.5. The number of carbonyl (C=O) groups is 1. The predicted molar refractivity (Wildman–Crippen MR) is 78.9 cm³/mol. The summed E-state index contributed by atoms with van der Waals surface area (Å²) < 4.78 is 25.3. The number of halogens is 1. The van der Waals surface area contributed by atoms with Crippen LogP contribution in [-0.4, -0.2) is 55.5 Å². The van der Waals surface area contributed by atoms with Gasteiger partial charge in [0.1, 0.15) is 0 Å². The van der Waals surface area contributed by atoms with Crippen molar-refractivity contribution in [2.24, 2.45) is 5.92 Å². The van der Waals surface area contributed by atoms with Crippen LogP contribution in [0.2, 0.25) is 0 Å². The maximum Gasteiger partial charge on any atom is 0.227 e. The highest BCUT2D eigenvalue weighted by Gasteiger charge is 2.33. The fraction of sp³-hybridized carbons (Fsp3) is 0.769. The minimum atomic E-state index is -3.20. The molecular formula is C13H21ClN2O3S. The molecular weight excluding hydrogens is 300 g/mol. The number of hydrogen-bond donors (Lipinski definition) is 0. The Morgan fingerprint density at radius 1 is 1.45 bits per heavy atom. The van der Waals surface area contributed by atoms with Gasteiger partial charge in [-0.1, -0.05) is 17.7 Å². The summed E-state index contributed by atoms with van der Waals surface area (Å²) in [4.78, 5) is 14.2. The number of rotatable bonds is 3. The van der Waals surface area contributed by atoms with Gasteiger partial charge >= 0.3 is 0 Å². The van der Waals surface area contributed by atoms with Crippen LogP contribution < -0.4 is 0 Å². The van der Waals surface area contributed by atoms with E-state index in [2.05, 4.69) is 0 Å². The summed E-state index contributed by atoms with van der Waals surface area (Å²) in [5.74, 6) is -0.105. The molecule has 0 spiro atoms. The van der Waals surface area contributed by atoms with Crippen molar-refractivity contribution < 1.29 is 13.2 Å². The third kappa shape index (κ3) is 3.54. The van der Waals surface area contributed by atoms with Crippen LogP contribution >= 0.6 is 11.6 Å². The summed E-state index contributed by atoms with van der Waals surface area (Å²) in [7, 11) is -3.20. The van der Waals surface area contributed by atoms with E-state index in [1.54, 1.807) is 11.8 Å². The first-order valence-corrected chi connectivity index (χ1v) is 9.04. The van der Waals surface area contributed by atoms with Crippen LogP contribution in [0.15, 0.2) is 11.1 Å². The molecule has 1 saturated heterocycles. The van der Waals surface area contributed by atoms with Crippen LogP contribution in [-0.2, 0) is 14.8 Å². The van der Waals surface area contributed by atoms with E-state index in [0.717, 1.165) is 19.3 Å². The van der Waals surface area contributed by atoms with Crippen LogP contribution in [0.5, 0.6) is 0 Å². The Kier molecular flexibility index (Phi) is 5.09. The molecule has 114 valence electrons. The van der Waals surface area contributed by atoms with Crippen molar-refractivity contribution >= 4 is 27.5 Å². The monoisotopic (exact) mass is 320 g/mol. The van der Waals surface area contributed by atoms with Crippen LogP contribution in [0, 0.1) is 5.92 Å². The third-order valence-electron chi connectivity index (χ3n) is 3.91. The van der Waals surface area contributed by atoms with E-state index < -0.39 is 10.0 Å². The molecule has 1 fully saturated rings. The Morgan fingerprint density at radius 3 is 2.85 bits per heavy atom. The van der Waals surface area contributed by atoms with Gasteiger partial charge in [0.05, 0.1) is 18.2 Å². The molecule has 1 unspecified atom stereocenters. The van der Waals surface area contributed by atoms with E-state index in [9.17, 15) is 13.2 Å². The van der Waals surface area contributed by atoms with Gasteiger partial charge in [0.2, 0.25) is 15.9 Å². The first-order valence-electron chi connectivity index (χ1n) is 7.05. The molecule has 2 heterocycles. The molecule has 0 aromatic rings. The zero-order valence-corrected chi connectivity index (χ0v) is 13.3. The van der Waals surface area contributed by atoms with Gasteiger partial charge in [-0.25, -0.2) is 12.7 Å². The molecule has 0 bridgehead atoms. The molecule has 5 nitrogen and oxygen atoms in total. The molecule has 2 rings (SSSR count). The Hall–Kier alpha value is -0.590. The zero-order chi connectivity index (χ0) is 14.8. The van der Waals surface area contributed by atoms with Gasteiger partial charge in [-0.15, -0.1) is 0 Å². The molecule has 1 amide bonds. The third-order valence-corrected chi connectivity index (χ3v) is 6.03. The predicted octanol–water partition coefficient (Wildman–Crippen LogP) is 1.40. The number of amides is 1. The van der Waals surface area contributed by atoms with Crippen LogP contribution in [0.3, 0.4) is 0 Å². The van der Waals surface area contributed by atoms with Crippen molar-refractivity contribution in [2.75, 3.05) is 31.9 Å². The van der Waals surface area contributed by atoms with Crippen LogP contribution in [0.25, 0.3) is 0 Å². The number of hydrogen-bond acceptors (Lipinski definition) is 3. The second-order valence-electron chi connectivity index (χ2n) is 5.30. The highest BCUT2D eigenvalue weighted by molar-refractivity contribution is 7.89. The second kappa shape index (κ2) is 6.45. The van der Waals surface area contributed by atoms with Crippen molar-refractivity contribution in [3.05, 3.63) is 11.1 Å². The maximum absolute atomic E-state index is 12.5. The normalized spacial score (nSPS) is 25.4. The summed E-state index contributed by atoms with van der Waals surface area (Å²) in [6.07, 6.45) is 4.20. The lowest BCUT2D eigenvalue weighted by atomic mass is 9.97. The summed E-state index contributed by atoms with van der Waals surface area (Å²) in [6, 6.07) is 0. The van der Waals surface area contributed by atoms with Crippen LogP contribution in [0.1, 0.15) is 26.2 Å². The lowest BCUT2D eigenvalue weighted by molar-refractivity contribution is -0.136. The lowest BCUT2D eigenvalue weighted by Crippen LogP contribution is -2.48. The topological polar surface area (TPSA) is 57.7 Å². The molecule has 0 saturated carbocycles. The average molecular weight is 321 g/mol. The Bertz CT molecular complexity index is 504. The molecule has 20 heavy (non-hydrogen) atoms. The largest absolute Gasteiger partial charge is 0.337 e. The fourth-order valence-corrected chi connectivity index (χ4v) is 4.16.